The fourth-order valence-corrected chi connectivity index (χ4v) is 1.80. The fourth-order valence-electron chi connectivity index (χ4n) is 1.74. The molecule has 0 bridgehead atoms. The van der Waals surface area contributed by atoms with Gasteiger partial charge in [0, 0.05) is 36.6 Å². The Morgan fingerprint density at radius 3 is 2.65 bits per heavy atom. The molecule has 1 aliphatic rings. The fraction of sp³-hybridized carbons (Fsp3) is 0.500. The van der Waals surface area contributed by atoms with E-state index in [9.17, 15) is 0 Å². The molecular weight excluding hydrogens is 232 g/mol. The van der Waals surface area contributed by atoms with Gasteiger partial charge in [-0.15, -0.1) is 0 Å². The molecule has 0 unspecified atom stereocenters. The molecule has 0 amide bonds. The molecule has 0 N–H and O–H groups in total. The molecule has 1 heterocycles. The molecule has 0 fully saturated rings. The standard InChI is InChI=1S/C14H21ClN2/c1-6-11(15)7-8-12-13(17(4)5)9-10-16-14(12,2)3/h7-10H,6H2,1-5H3/b11-7+,12-8-. The summed E-state index contributed by atoms with van der Waals surface area (Å²) in [7, 11) is 4.08. The third kappa shape index (κ3) is 3.47. The molecule has 0 radical (unpaired) electrons. The zero-order valence-corrected chi connectivity index (χ0v) is 12.0. The lowest BCUT2D eigenvalue weighted by Crippen LogP contribution is -2.29. The summed E-state index contributed by atoms with van der Waals surface area (Å²) in [4.78, 5) is 6.61. The Labute approximate surface area is 109 Å². The number of hydrogen-bond donors (Lipinski definition) is 0. The van der Waals surface area contributed by atoms with Crippen LogP contribution in [0.2, 0.25) is 0 Å². The summed E-state index contributed by atoms with van der Waals surface area (Å²) in [5.41, 5.74) is 2.17. The highest BCUT2D eigenvalue weighted by Gasteiger charge is 2.27. The smallest absolute Gasteiger partial charge is 0.0820 e. The van der Waals surface area contributed by atoms with Crippen LogP contribution in [0.5, 0.6) is 0 Å². The first kappa shape index (κ1) is 14.0. The normalized spacial score (nSPS) is 21.6. The van der Waals surface area contributed by atoms with Crippen molar-refractivity contribution in [2.75, 3.05) is 14.1 Å². The van der Waals surface area contributed by atoms with Crippen molar-refractivity contribution in [2.45, 2.75) is 32.7 Å². The highest BCUT2D eigenvalue weighted by atomic mass is 35.5. The van der Waals surface area contributed by atoms with Gasteiger partial charge >= 0.3 is 0 Å². The van der Waals surface area contributed by atoms with E-state index in [1.54, 1.807) is 0 Å². The number of allylic oxidation sites excluding steroid dienone is 4. The molecule has 1 aliphatic heterocycles. The largest absolute Gasteiger partial charge is 0.377 e. The van der Waals surface area contributed by atoms with Crippen molar-refractivity contribution < 1.29 is 0 Å². The van der Waals surface area contributed by atoms with Crippen molar-refractivity contribution in [1.29, 1.82) is 0 Å². The molecule has 0 aromatic heterocycles. The zero-order chi connectivity index (χ0) is 13.1. The quantitative estimate of drug-likeness (QED) is 0.747. The van der Waals surface area contributed by atoms with Gasteiger partial charge in [0.05, 0.1) is 5.54 Å². The Morgan fingerprint density at radius 1 is 1.47 bits per heavy atom. The lowest BCUT2D eigenvalue weighted by Gasteiger charge is -2.32. The van der Waals surface area contributed by atoms with Crippen molar-refractivity contribution in [3.8, 4) is 0 Å². The Morgan fingerprint density at radius 2 is 2.12 bits per heavy atom. The van der Waals surface area contributed by atoms with Crippen LogP contribution in [-0.2, 0) is 0 Å². The summed E-state index contributed by atoms with van der Waals surface area (Å²) in [6.07, 6.45) is 8.81. The Hall–Kier alpha value is -1.02. The molecule has 1 rings (SSSR count). The number of halogens is 1. The van der Waals surface area contributed by atoms with E-state index >= 15 is 0 Å². The molecule has 3 heteroatoms. The number of rotatable bonds is 3. The van der Waals surface area contributed by atoms with E-state index in [0.717, 1.165) is 11.5 Å². The van der Waals surface area contributed by atoms with Crippen LogP contribution in [0.15, 0.2) is 39.5 Å². The van der Waals surface area contributed by atoms with Crippen LogP contribution in [0.4, 0.5) is 0 Å². The van der Waals surface area contributed by atoms with Gasteiger partial charge in [-0.2, -0.15) is 0 Å². The van der Waals surface area contributed by atoms with E-state index in [-0.39, 0.29) is 5.54 Å². The van der Waals surface area contributed by atoms with Crippen molar-refractivity contribution in [3.63, 3.8) is 0 Å². The summed E-state index contributed by atoms with van der Waals surface area (Å²) >= 11 is 6.05. The Balaban J connectivity index is 3.15. The van der Waals surface area contributed by atoms with Gasteiger partial charge in [0.25, 0.3) is 0 Å². The number of nitrogens with zero attached hydrogens (tertiary/aromatic N) is 2. The predicted molar refractivity (Wildman–Crippen MR) is 76.7 cm³/mol. The third-order valence-electron chi connectivity index (χ3n) is 2.82. The molecule has 94 valence electrons. The summed E-state index contributed by atoms with van der Waals surface area (Å²) in [5, 5.41) is 0.862. The van der Waals surface area contributed by atoms with Crippen LogP contribution < -0.4 is 0 Å². The molecular formula is C14H21ClN2. The number of aliphatic imine (C=N–C) groups is 1. The predicted octanol–water partition coefficient (Wildman–Crippen LogP) is 3.75. The van der Waals surface area contributed by atoms with E-state index in [1.165, 1.54) is 11.3 Å². The van der Waals surface area contributed by atoms with E-state index < -0.39 is 0 Å². The maximum Gasteiger partial charge on any atom is 0.0820 e. The summed E-state index contributed by atoms with van der Waals surface area (Å²) in [6.45, 7) is 6.27. The van der Waals surface area contributed by atoms with Gasteiger partial charge in [0.2, 0.25) is 0 Å². The molecule has 0 atom stereocenters. The minimum Gasteiger partial charge on any atom is -0.377 e. The van der Waals surface area contributed by atoms with Crippen molar-refractivity contribution in [2.24, 2.45) is 4.99 Å². The van der Waals surface area contributed by atoms with Gasteiger partial charge in [0.15, 0.2) is 0 Å². The Kier molecular flexibility index (Phi) is 4.58. The van der Waals surface area contributed by atoms with Crippen LogP contribution >= 0.6 is 11.6 Å². The first-order valence-electron chi connectivity index (χ1n) is 5.88. The molecule has 0 spiro atoms. The molecule has 2 nitrogen and oxygen atoms in total. The molecule has 17 heavy (non-hydrogen) atoms. The lowest BCUT2D eigenvalue weighted by atomic mass is 9.89. The number of hydrogen-bond acceptors (Lipinski definition) is 2. The van der Waals surface area contributed by atoms with E-state index in [0.29, 0.717) is 0 Å². The maximum absolute atomic E-state index is 6.05. The zero-order valence-electron chi connectivity index (χ0n) is 11.3. The van der Waals surface area contributed by atoms with Gasteiger partial charge in [-0.05, 0) is 32.4 Å². The highest BCUT2D eigenvalue weighted by Crippen LogP contribution is 2.31. The second-order valence-corrected chi connectivity index (χ2v) is 5.32. The van der Waals surface area contributed by atoms with Crippen LogP contribution in [0.25, 0.3) is 0 Å². The van der Waals surface area contributed by atoms with Crippen LogP contribution in [0.3, 0.4) is 0 Å². The maximum atomic E-state index is 6.05. The van der Waals surface area contributed by atoms with Gasteiger partial charge in [-0.1, -0.05) is 24.6 Å². The molecule has 0 aromatic rings. The topological polar surface area (TPSA) is 15.6 Å². The molecule has 0 saturated carbocycles. The van der Waals surface area contributed by atoms with Gasteiger partial charge in [-0.3, -0.25) is 4.99 Å². The van der Waals surface area contributed by atoms with Gasteiger partial charge in [-0.25, -0.2) is 0 Å². The number of likely N-dealkylation sites (N-methyl/N-ethyl adjacent to an activating group) is 1. The van der Waals surface area contributed by atoms with Gasteiger partial charge in [0.1, 0.15) is 0 Å². The third-order valence-corrected chi connectivity index (χ3v) is 3.21. The van der Waals surface area contributed by atoms with E-state index in [1.807, 2.05) is 39.4 Å². The average molecular weight is 253 g/mol. The second-order valence-electron chi connectivity index (χ2n) is 4.83. The summed E-state index contributed by atoms with van der Waals surface area (Å²) in [6, 6.07) is 0. The first-order valence-corrected chi connectivity index (χ1v) is 6.26. The van der Waals surface area contributed by atoms with Crippen molar-refractivity contribution in [3.05, 3.63) is 34.5 Å². The highest BCUT2D eigenvalue weighted by molar-refractivity contribution is 6.29. The lowest BCUT2D eigenvalue weighted by molar-refractivity contribution is 0.485. The summed E-state index contributed by atoms with van der Waals surface area (Å²) < 4.78 is 0. The van der Waals surface area contributed by atoms with Gasteiger partial charge < -0.3 is 4.90 Å². The molecule has 0 aromatic carbocycles. The van der Waals surface area contributed by atoms with E-state index in [2.05, 4.69) is 29.8 Å². The van der Waals surface area contributed by atoms with Crippen LogP contribution in [-0.4, -0.2) is 30.7 Å². The first-order chi connectivity index (χ1) is 7.88. The second kappa shape index (κ2) is 5.54. The average Bonchev–Trinajstić information content (AvgIpc) is 2.25. The summed E-state index contributed by atoms with van der Waals surface area (Å²) in [5.74, 6) is 0. The van der Waals surface area contributed by atoms with Crippen LogP contribution in [0, 0.1) is 0 Å². The van der Waals surface area contributed by atoms with Crippen LogP contribution in [0.1, 0.15) is 27.2 Å². The minimum atomic E-state index is -0.199. The SMILES string of the molecule is CC/C(Cl)=C\C=C1\C(N(C)C)=CC=NC1(C)C. The van der Waals surface area contributed by atoms with Crippen molar-refractivity contribution >= 4 is 17.8 Å². The molecule has 0 aliphatic carbocycles. The molecule has 0 saturated heterocycles. The van der Waals surface area contributed by atoms with E-state index in [4.69, 9.17) is 11.6 Å². The monoisotopic (exact) mass is 252 g/mol. The Bertz CT molecular complexity index is 398. The number of dihydropyridines is 1. The van der Waals surface area contributed by atoms with Crippen molar-refractivity contribution in [1.82, 2.24) is 4.90 Å². The minimum absolute atomic E-state index is 0.199.